The summed E-state index contributed by atoms with van der Waals surface area (Å²) < 4.78 is 5.54. The van der Waals surface area contributed by atoms with Gasteiger partial charge in [-0.1, -0.05) is 19.1 Å². The van der Waals surface area contributed by atoms with Crippen molar-refractivity contribution in [1.82, 2.24) is 9.97 Å². The zero-order valence-corrected chi connectivity index (χ0v) is 11.0. The SMILES string of the molecule is CCc1cccc(Oc2ncc(/C=C/C(=O)O)cn2)c1. The van der Waals surface area contributed by atoms with E-state index in [9.17, 15) is 4.79 Å². The van der Waals surface area contributed by atoms with Crippen LogP contribution >= 0.6 is 0 Å². The van der Waals surface area contributed by atoms with E-state index in [-0.39, 0.29) is 6.01 Å². The van der Waals surface area contributed by atoms with E-state index in [0.717, 1.165) is 12.5 Å². The van der Waals surface area contributed by atoms with Gasteiger partial charge in [0.05, 0.1) is 0 Å². The maximum atomic E-state index is 10.4. The molecule has 0 saturated carbocycles. The lowest BCUT2D eigenvalue weighted by atomic mass is 10.2. The Morgan fingerprint density at radius 1 is 1.35 bits per heavy atom. The zero-order valence-electron chi connectivity index (χ0n) is 11.0. The molecule has 1 aromatic heterocycles. The molecule has 20 heavy (non-hydrogen) atoms. The van der Waals surface area contributed by atoms with Crippen molar-refractivity contribution in [3.8, 4) is 11.8 Å². The number of carbonyl (C=O) groups is 1. The van der Waals surface area contributed by atoms with Crippen molar-refractivity contribution in [2.24, 2.45) is 0 Å². The number of ether oxygens (including phenoxy) is 1. The summed E-state index contributed by atoms with van der Waals surface area (Å²) in [6.07, 6.45) is 6.39. The quantitative estimate of drug-likeness (QED) is 0.846. The zero-order chi connectivity index (χ0) is 14.4. The predicted octanol–water partition coefficient (Wildman–Crippen LogP) is 2.93. The van der Waals surface area contributed by atoms with Crippen LogP contribution in [0.3, 0.4) is 0 Å². The minimum Gasteiger partial charge on any atom is -0.478 e. The Labute approximate surface area is 116 Å². The first kappa shape index (κ1) is 13.7. The number of carboxylic acids is 1. The summed E-state index contributed by atoms with van der Waals surface area (Å²) in [6, 6.07) is 7.93. The number of aromatic nitrogens is 2. The van der Waals surface area contributed by atoms with Crippen molar-refractivity contribution in [1.29, 1.82) is 0 Å². The molecular weight excluding hydrogens is 256 g/mol. The molecule has 2 aromatic rings. The van der Waals surface area contributed by atoms with Gasteiger partial charge in [-0.05, 0) is 30.2 Å². The average molecular weight is 270 g/mol. The third kappa shape index (κ3) is 3.91. The molecule has 5 nitrogen and oxygen atoms in total. The van der Waals surface area contributed by atoms with Gasteiger partial charge in [-0.2, -0.15) is 0 Å². The van der Waals surface area contributed by atoms with Crippen LogP contribution in [0.25, 0.3) is 6.08 Å². The standard InChI is InChI=1S/C15H14N2O3/c1-2-11-4-3-5-13(8-11)20-15-16-9-12(10-17-15)6-7-14(18)19/h3-10H,2H2,1H3,(H,18,19)/b7-6+. The first-order valence-corrected chi connectivity index (χ1v) is 6.17. The summed E-state index contributed by atoms with van der Waals surface area (Å²) in [5.74, 6) is -0.333. The summed E-state index contributed by atoms with van der Waals surface area (Å²) in [4.78, 5) is 18.4. The van der Waals surface area contributed by atoms with E-state index in [1.807, 2.05) is 24.3 Å². The summed E-state index contributed by atoms with van der Waals surface area (Å²) in [7, 11) is 0. The number of benzene rings is 1. The van der Waals surface area contributed by atoms with Crippen LogP contribution in [0.1, 0.15) is 18.1 Å². The van der Waals surface area contributed by atoms with Gasteiger partial charge in [-0.25, -0.2) is 14.8 Å². The van der Waals surface area contributed by atoms with Gasteiger partial charge in [0, 0.05) is 24.0 Å². The fraction of sp³-hybridized carbons (Fsp3) is 0.133. The minimum absolute atomic E-state index is 0.228. The second-order valence-corrected chi connectivity index (χ2v) is 4.07. The molecule has 0 fully saturated rings. The molecule has 0 atom stereocenters. The Hall–Kier alpha value is -2.69. The molecule has 0 bridgehead atoms. The van der Waals surface area contributed by atoms with E-state index in [4.69, 9.17) is 9.84 Å². The smallest absolute Gasteiger partial charge is 0.328 e. The highest BCUT2D eigenvalue weighted by Gasteiger charge is 2.01. The largest absolute Gasteiger partial charge is 0.478 e. The molecule has 0 spiro atoms. The minimum atomic E-state index is -1.01. The van der Waals surface area contributed by atoms with E-state index in [2.05, 4.69) is 16.9 Å². The molecule has 0 amide bonds. The van der Waals surface area contributed by atoms with Crippen molar-refractivity contribution in [3.05, 3.63) is 53.9 Å². The number of hydrogen-bond acceptors (Lipinski definition) is 4. The van der Waals surface area contributed by atoms with E-state index < -0.39 is 5.97 Å². The maximum Gasteiger partial charge on any atom is 0.328 e. The van der Waals surface area contributed by atoms with Crippen molar-refractivity contribution in [3.63, 3.8) is 0 Å². The first-order chi connectivity index (χ1) is 9.67. The third-order valence-corrected chi connectivity index (χ3v) is 2.58. The predicted molar refractivity (Wildman–Crippen MR) is 74.6 cm³/mol. The van der Waals surface area contributed by atoms with Gasteiger partial charge in [-0.3, -0.25) is 0 Å². The maximum absolute atomic E-state index is 10.4. The molecule has 2 rings (SSSR count). The van der Waals surface area contributed by atoms with E-state index in [1.54, 1.807) is 0 Å². The van der Waals surface area contributed by atoms with Gasteiger partial charge in [0.1, 0.15) is 5.75 Å². The van der Waals surface area contributed by atoms with Crippen molar-refractivity contribution < 1.29 is 14.6 Å². The molecule has 0 aliphatic rings. The van der Waals surface area contributed by atoms with Crippen LogP contribution in [0.2, 0.25) is 0 Å². The van der Waals surface area contributed by atoms with E-state index in [0.29, 0.717) is 11.3 Å². The molecule has 0 unspecified atom stereocenters. The lowest BCUT2D eigenvalue weighted by Crippen LogP contribution is -1.93. The van der Waals surface area contributed by atoms with Gasteiger partial charge in [0.2, 0.25) is 0 Å². The van der Waals surface area contributed by atoms with Crippen molar-refractivity contribution in [2.45, 2.75) is 13.3 Å². The van der Waals surface area contributed by atoms with Crippen LogP contribution in [0, 0.1) is 0 Å². The Balaban J connectivity index is 2.08. The van der Waals surface area contributed by atoms with Crippen LogP contribution in [0.4, 0.5) is 0 Å². The lowest BCUT2D eigenvalue weighted by Gasteiger charge is -2.05. The topological polar surface area (TPSA) is 72.3 Å². The van der Waals surface area contributed by atoms with Crippen LogP contribution in [0.15, 0.2) is 42.7 Å². The van der Waals surface area contributed by atoms with Gasteiger partial charge in [0.15, 0.2) is 0 Å². The van der Waals surface area contributed by atoms with Gasteiger partial charge >= 0.3 is 12.0 Å². The molecule has 0 saturated heterocycles. The highest BCUT2D eigenvalue weighted by atomic mass is 16.5. The first-order valence-electron chi connectivity index (χ1n) is 6.17. The summed E-state index contributed by atoms with van der Waals surface area (Å²) in [6.45, 7) is 2.07. The highest BCUT2D eigenvalue weighted by molar-refractivity contribution is 5.85. The molecule has 1 N–H and O–H groups in total. The number of nitrogens with zero attached hydrogens (tertiary/aromatic N) is 2. The second kappa shape index (κ2) is 6.47. The lowest BCUT2D eigenvalue weighted by molar-refractivity contribution is -0.131. The van der Waals surface area contributed by atoms with Crippen molar-refractivity contribution >= 4 is 12.0 Å². The number of carboxylic acid groups (broad SMARTS) is 1. The fourth-order valence-corrected chi connectivity index (χ4v) is 1.57. The molecule has 0 aliphatic carbocycles. The fourth-order valence-electron chi connectivity index (χ4n) is 1.57. The molecule has 5 heteroatoms. The summed E-state index contributed by atoms with van der Waals surface area (Å²) in [5.41, 5.74) is 1.77. The monoisotopic (exact) mass is 270 g/mol. The molecule has 1 heterocycles. The van der Waals surface area contributed by atoms with E-state index in [1.165, 1.54) is 24.0 Å². The van der Waals surface area contributed by atoms with E-state index >= 15 is 0 Å². The summed E-state index contributed by atoms with van der Waals surface area (Å²) in [5, 5.41) is 8.52. The molecular formula is C15H14N2O3. The highest BCUT2D eigenvalue weighted by Crippen LogP contribution is 2.19. The number of aliphatic carboxylic acids is 1. The average Bonchev–Trinajstić information content (AvgIpc) is 2.47. The number of rotatable bonds is 5. The van der Waals surface area contributed by atoms with Crippen LogP contribution < -0.4 is 4.74 Å². The summed E-state index contributed by atoms with van der Waals surface area (Å²) >= 11 is 0. The Morgan fingerprint density at radius 3 is 2.75 bits per heavy atom. The van der Waals surface area contributed by atoms with Crippen molar-refractivity contribution in [2.75, 3.05) is 0 Å². The third-order valence-electron chi connectivity index (χ3n) is 2.58. The molecule has 1 aromatic carbocycles. The molecule has 0 radical (unpaired) electrons. The number of hydrogen-bond donors (Lipinski definition) is 1. The Bertz CT molecular complexity index is 621. The Morgan fingerprint density at radius 2 is 2.10 bits per heavy atom. The van der Waals surface area contributed by atoms with Gasteiger partial charge in [-0.15, -0.1) is 0 Å². The molecule has 102 valence electrons. The number of aryl methyl sites for hydroxylation is 1. The molecule has 0 aliphatic heterocycles. The second-order valence-electron chi connectivity index (χ2n) is 4.07. The Kier molecular flexibility index (Phi) is 4.44. The van der Waals surface area contributed by atoms with Crippen LogP contribution in [0.5, 0.6) is 11.8 Å². The van der Waals surface area contributed by atoms with Crippen LogP contribution in [-0.2, 0) is 11.2 Å². The van der Waals surface area contributed by atoms with Gasteiger partial charge in [0.25, 0.3) is 0 Å². The normalized spacial score (nSPS) is 10.7. The van der Waals surface area contributed by atoms with Crippen LogP contribution in [-0.4, -0.2) is 21.0 Å². The van der Waals surface area contributed by atoms with Gasteiger partial charge < -0.3 is 9.84 Å².